The van der Waals surface area contributed by atoms with Gasteiger partial charge in [-0.05, 0) is 36.6 Å². The summed E-state index contributed by atoms with van der Waals surface area (Å²) < 4.78 is 38.4. The molecule has 0 atom stereocenters. The monoisotopic (exact) mass is 458 g/mol. The molecular weight excluding hydrogens is 433 g/mol. The molecule has 168 valence electrons. The lowest BCUT2D eigenvalue weighted by Gasteiger charge is -2.16. The zero-order valence-corrected chi connectivity index (χ0v) is 19.0. The molecule has 0 saturated carbocycles. The summed E-state index contributed by atoms with van der Waals surface area (Å²) >= 11 is 1.39. The lowest BCUT2D eigenvalue weighted by molar-refractivity contribution is -0.137. The number of carbonyl (C=O) groups excluding carboxylic acids is 1. The lowest BCUT2D eigenvalue weighted by atomic mass is 9.87. The SMILES string of the molecule is C=C(NCc1ccc(CC(C)(C)C=O)cc1)c1sc(-c2ccc(C(F)(F)F)cc2)nc1C. The first-order valence-corrected chi connectivity index (χ1v) is 10.9. The molecule has 0 fully saturated rings. The number of aldehydes is 1. The smallest absolute Gasteiger partial charge is 0.380 e. The third-order valence-corrected chi connectivity index (χ3v) is 6.30. The Morgan fingerprint density at radius 3 is 2.22 bits per heavy atom. The summed E-state index contributed by atoms with van der Waals surface area (Å²) in [5.41, 5.74) is 3.23. The van der Waals surface area contributed by atoms with Crippen LogP contribution in [0, 0.1) is 12.3 Å². The molecule has 0 aliphatic rings. The second kappa shape index (κ2) is 9.28. The Bertz CT molecular complexity index is 1100. The fourth-order valence-corrected chi connectivity index (χ4v) is 4.25. The first-order valence-electron chi connectivity index (χ1n) is 10.1. The molecule has 0 amide bonds. The number of rotatable bonds is 8. The van der Waals surface area contributed by atoms with E-state index in [1.807, 2.05) is 45.0 Å². The second-order valence-corrected chi connectivity index (χ2v) is 9.44. The average molecular weight is 459 g/mol. The highest BCUT2D eigenvalue weighted by Gasteiger charge is 2.30. The van der Waals surface area contributed by atoms with Crippen molar-refractivity contribution in [1.29, 1.82) is 0 Å². The number of thiazole rings is 1. The van der Waals surface area contributed by atoms with Gasteiger partial charge in [-0.15, -0.1) is 11.3 Å². The van der Waals surface area contributed by atoms with Gasteiger partial charge in [-0.25, -0.2) is 4.98 Å². The van der Waals surface area contributed by atoms with Gasteiger partial charge >= 0.3 is 6.18 Å². The molecule has 3 rings (SSSR count). The van der Waals surface area contributed by atoms with Crippen molar-refractivity contribution < 1.29 is 18.0 Å². The van der Waals surface area contributed by atoms with Gasteiger partial charge < -0.3 is 10.1 Å². The molecule has 0 aliphatic heterocycles. The minimum absolute atomic E-state index is 0.386. The van der Waals surface area contributed by atoms with Gasteiger partial charge in [-0.3, -0.25) is 0 Å². The second-order valence-electron chi connectivity index (χ2n) is 8.44. The van der Waals surface area contributed by atoms with Crippen LogP contribution in [0.2, 0.25) is 0 Å². The molecule has 3 aromatic rings. The van der Waals surface area contributed by atoms with Crippen molar-refractivity contribution in [3.05, 3.63) is 82.4 Å². The molecule has 3 nitrogen and oxygen atoms in total. The maximum absolute atomic E-state index is 12.8. The number of hydrogen-bond donors (Lipinski definition) is 1. The Hall–Kier alpha value is -2.93. The van der Waals surface area contributed by atoms with Crippen LogP contribution in [0.5, 0.6) is 0 Å². The van der Waals surface area contributed by atoms with Crippen molar-refractivity contribution in [1.82, 2.24) is 10.3 Å². The van der Waals surface area contributed by atoms with Gasteiger partial charge in [0.1, 0.15) is 11.3 Å². The average Bonchev–Trinajstić information content (AvgIpc) is 3.14. The predicted molar refractivity (Wildman–Crippen MR) is 123 cm³/mol. The van der Waals surface area contributed by atoms with Crippen molar-refractivity contribution in [2.45, 2.75) is 39.9 Å². The van der Waals surface area contributed by atoms with Crippen LogP contribution < -0.4 is 5.32 Å². The zero-order valence-electron chi connectivity index (χ0n) is 18.2. The standard InChI is InChI=1S/C25H25F3N2OS/c1-16(29-14-19-7-5-18(6-8-19)13-24(3,4)15-31)22-17(2)30-23(32-22)20-9-11-21(12-10-20)25(26,27)28/h5-12,15,29H,1,13-14H2,2-4H3. The summed E-state index contributed by atoms with van der Waals surface area (Å²) in [5, 5.41) is 3.95. The van der Waals surface area contributed by atoms with Gasteiger partial charge in [0.25, 0.3) is 0 Å². The number of aryl methyl sites for hydroxylation is 1. The molecule has 0 saturated heterocycles. The van der Waals surface area contributed by atoms with E-state index in [0.717, 1.165) is 40.1 Å². The van der Waals surface area contributed by atoms with E-state index < -0.39 is 11.7 Å². The highest BCUT2D eigenvalue weighted by atomic mass is 32.1. The maximum atomic E-state index is 12.8. The Morgan fingerprint density at radius 1 is 1.06 bits per heavy atom. The van der Waals surface area contributed by atoms with E-state index in [2.05, 4.69) is 16.9 Å². The van der Waals surface area contributed by atoms with E-state index in [0.29, 0.717) is 29.2 Å². The summed E-state index contributed by atoms with van der Waals surface area (Å²) in [4.78, 5) is 16.5. The fraction of sp³-hybridized carbons (Fsp3) is 0.280. The van der Waals surface area contributed by atoms with Crippen LogP contribution >= 0.6 is 11.3 Å². The first kappa shape index (κ1) is 23.7. The summed E-state index contributed by atoms with van der Waals surface area (Å²) in [6, 6.07) is 13.1. The number of nitrogens with zero attached hydrogens (tertiary/aromatic N) is 1. The van der Waals surface area contributed by atoms with Crippen molar-refractivity contribution in [3.8, 4) is 10.6 Å². The summed E-state index contributed by atoms with van der Waals surface area (Å²) in [7, 11) is 0. The normalized spacial score (nSPS) is 11.9. The van der Waals surface area contributed by atoms with Crippen LogP contribution in [0.4, 0.5) is 13.2 Å². The highest BCUT2D eigenvalue weighted by molar-refractivity contribution is 7.16. The quantitative estimate of drug-likeness (QED) is 0.384. The minimum atomic E-state index is -4.36. The number of benzene rings is 2. The van der Waals surface area contributed by atoms with Crippen molar-refractivity contribution in [2.75, 3.05) is 0 Å². The van der Waals surface area contributed by atoms with Gasteiger partial charge in [0.15, 0.2) is 0 Å². The molecule has 1 aromatic heterocycles. The predicted octanol–water partition coefficient (Wildman–Crippen LogP) is 6.67. The number of nitrogens with one attached hydrogen (secondary N) is 1. The molecule has 32 heavy (non-hydrogen) atoms. The van der Waals surface area contributed by atoms with Crippen LogP contribution in [0.25, 0.3) is 16.3 Å². The topological polar surface area (TPSA) is 42.0 Å². The molecule has 0 unspecified atom stereocenters. The van der Waals surface area contributed by atoms with E-state index >= 15 is 0 Å². The van der Waals surface area contributed by atoms with Crippen molar-refractivity contribution in [3.63, 3.8) is 0 Å². The van der Waals surface area contributed by atoms with E-state index in [1.54, 1.807) is 0 Å². The highest BCUT2D eigenvalue weighted by Crippen LogP contribution is 2.34. The Morgan fingerprint density at radius 2 is 1.66 bits per heavy atom. The number of carbonyl (C=O) groups is 1. The molecule has 0 aliphatic carbocycles. The van der Waals surface area contributed by atoms with Crippen LogP contribution in [-0.4, -0.2) is 11.3 Å². The largest absolute Gasteiger partial charge is 0.416 e. The fourth-order valence-electron chi connectivity index (χ4n) is 3.23. The van der Waals surface area contributed by atoms with Gasteiger partial charge in [-0.1, -0.05) is 56.8 Å². The Kier molecular flexibility index (Phi) is 6.88. The molecule has 2 aromatic carbocycles. The molecule has 7 heteroatoms. The maximum Gasteiger partial charge on any atom is 0.416 e. The van der Waals surface area contributed by atoms with Crippen molar-refractivity contribution >= 4 is 23.3 Å². The number of hydrogen-bond acceptors (Lipinski definition) is 4. The van der Waals surface area contributed by atoms with Crippen LogP contribution in [0.15, 0.2) is 55.1 Å². The molecule has 1 N–H and O–H groups in total. The van der Waals surface area contributed by atoms with E-state index in [4.69, 9.17) is 0 Å². The van der Waals surface area contributed by atoms with Crippen LogP contribution in [0.1, 0.15) is 41.1 Å². The summed E-state index contributed by atoms with van der Waals surface area (Å²) in [6.07, 6.45) is -2.70. The van der Waals surface area contributed by atoms with E-state index in [1.165, 1.54) is 23.5 Å². The number of aromatic nitrogens is 1. The molecule has 0 radical (unpaired) electrons. The molecular formula is C25H25F3N2OS. The Balaban J connectivity index is 1.65. The van der Waals surface area contributed by atoms with E-state index in [-0.39, 0.29) is 5.41 Å². The molecule has 1 heterocycles. The lowest BCUT2D eigenvalue weighted by Crippen LogP contribution is -2.16. The number of alkyl halides is 3. The third-order valence-electron chi connectivity index (χ3n) is 5.04. The summed E-state index contributed by atoms with van der Waals surface area (Å²) in [6.45, 7) is 10.4. The van der Waals surface area contributed by atoms with Gasteiger partial charge in [0.2, 0.25) is 0 Å². The van der Waals surface area contributed by atoms with E-state index in [9.17, 15) is 18.0 Å². The molecule has 0 bridgehead atoms. The zero-order chi connectivity index (χ0) is 23.5. The minimum Gasteiger partial charge on any atom is -0.380 e. The Labute approximate surface area is 190 Å². The van der Waals surface area contributed by atoms with Crippen molar-refractivity contribution in [2.24, 2.45) is 5.41 Å². The first-order chi connectivity index (χ1) is 15.0. The van der Waals surface area contributed by atoms with Gasteiger partial charge in [0.05, 0.1) is 16.1 Å². The summed E-state index contributed by atoms with van der Waals surface area (Å²) in [5.74, 6) is 0. The van der Waals surface area contributed by atoms with Crippen LogP contribution in [-0.2, 0) is 23.9 Å². The van der Waals surface area contributed by atoms with Crippen LogP contribution in [0.3, 0.4) is 0 Å². The molecule has 0 spiro atoms. The van der Waals surface area contributed by atoms with Gasteiger partial charge in [0, 0.05) is 23.2 Å². The number of halogens is 3. The van der Waals surface area contributed by atoms with Gasteiger partial charge in [-0.2, -0.15) is 13.2 Å². The third kappa shape index (κ3) is 5.85.